The van der Waals surface area contributed by atoms with Crippen LogP contribution < -0.4 is 36.0 Å². The summed E-state index contributed by atoms with van der Waals surface area (Å²) in [5.41, 5.74) is 29.8. The van der Waals surface area contributed by atoms with Crippen molar-refractivity contribution >= 4 is 145 Å². The monoisotopic (exact) mass is 1400 g/mol. The lowest BCUT2D eigenvalue weighted by Crippen LogP contribution is -2.61. The molecule has 0 saturated carbocycles. The highest BCUT2D eigenvalue weighted by Crippen LogP contribution is 2.55. The van der Waals surface area contributed by atoms with Crippen LogP contribution in [0.2, 0.25) is 0 Å². The number of hydrogen-bond donors (Lipinski definition) is 0. The van der Waals surface area contributed by atoms with Crippen molar-refractivity contribution in [3.63, 3.8) is 0 Å². The van der Waals surface area contributed by atoms with Crippen LogP contribution in [0.3, 0.4) is 0 Å². The van der Waals surface area contributed by atoms with Gasteiger partial charge in [-0.05, 0) is 181 Å². The van der Waals surface area contributed by atoms with Gasteiger partial charge >= 0.3 is 0 Å². The van der Waals surface area contributed by atoms with Crippen LogP contribution in [0.1, 0.15) is 105 Å². The van der Waals surface area contributed by atoms with Gasteiger partial charge in [0.2, 0.25) is 0 Å². The molecule has 16 aromatic rings. The summed E-state index contributed by atoms with van der Waals surface area (Å²) < 4.78 is 5.03. The van der Waals surface area contributed by atoms with E-state index in [4.69, 9.17) is 0 Å². The average molecular weight is 1400 g/mol. The summed E-state index contributed by atoms with van der Waals surface area (Å²) in [7, 11) is 0. The van der Waals surface area contributed by atoms with Gasteiger partial charge in [0.25, 0.3) is 6.71 Å². The number of thiophene rings is 1. The number of hydrogen-bond acceptors (Lipinski definition) is 5. The largest absolute Gasteiger partial charge is 0.311 e. The van der Waals surface area contributed by atoms with Crippen molar-refractivity contribution < 1.29 is 0 Å². The zero-order valence-electron chi connectivity index (χ0n) is 63.2. The van der Waals surface area contributed by atoms with E-state index in [0.717, 1.165) is 107 Å². The molecular weight excluding hydrogens is 1310 g/mol. The van der Waals surface area contributed by atoms with Crippen molar-refractivity contribution in [2.75, 3.05) is 19.6 Å². The van der Waals surface area contributed by atoms with Gasteiger partial charge in [0.05, 0.1) is 33.8 Å². The van der Waals surface area contributed by atoms with Gasteiger partial charge in [0.1, 0.15) is 0 Å². The summed E-state index contributed by atoms with van der Waals surface area (Å²) in [5.74, 6) is 0. The third kappa shape index (κ3) is 11.5. The second-order valence-corrected chi connectivity index (χ2v) is 34.4. The van der Waals surface area contributed by atoms with Crippen LogP contribution in [0.25, 0.3) is 69.9 Å². The van der Waals surface area contributed by atoms with E-state index >= 15 is 0 Å². The molecule has 4 heterocycles. The first kappa shape index (κ1) is 67.3. The van der Waals surface area contributed by atoms with Crippen molar-refractivity contribution in [3.05, 3.63) is 338 Å². The molecule has 0 radical (unpaired) electrons. The molecule has 0 aliphatic carbocycles. The molecule has 0 unspecified atom stereocenters. The van der Waals surface area contributed by atoms with Crippen molar-refractivity contribution in [3.8, 4) is 27.9 Å². The fourth-order valence-electron chi connectivity index (χ4n) is 16.8. The van der Waals surface area contributed by atoms with Crippen LogP contribution in [0.15, 0.2) is 315 Å². The minimum atomic E-state index is -0.299. The molecule has 7 heteroatoms. The van der Waals surface area contributed by atoms with E-state index in [0.29, 0.717) is 0 Å². The molecule has 2 aliphatic heterocycles. The van der Waals surface area contributed by atoms with E-state index in [1.807, 2.05) is 11.3 Å². The molecule has 18 rings (SSSR count). The fourth-order valence-corrected chi connectivity index (χ4v) is 18.1. The Morgan fingerprint density at radius 1 is 0.299 bits per heavy atom. The van der Waals surface area contributed by atoms with Gasteiger partial charge in [-0.3, -0.25) is 0 Å². The Morgan fingerprint density at radius 2 is 0.673 bits per heavy atom. The van der Waals surface area contributed by atoms with Gasteiger partial charge in [-0.1, -0.05) is 289 Å². The number of benzene rings is 14. The number of nitrogens with zero attached hydrogens (tertiary/aromatic N) is 5. The molecule has 0 N–H and O–H groups in total. The molecule has 0 atom stereocenters. The number of fused-ring (bicyclic) bond motifs is 11. The lowest BCUT2D eigenvalue weighted by Gasteiger charge is -2.46. The van der Waals surface area contributed by atoms with Gasteiger partial charge in [0, 0.05) is 93.3 Å². The van der Waals surface area contributed by atoms with Crippen LogP contribution in [0.4, 0.5) is 68.2 Å². The summed E-state index contributed by atoms with van der Waals surface area (Å²) in [5, 5.41) is 4.87. The fraction of sp³-hybridized carbons (Fsp3) is 0.160. The SMILES string of the molecule is CC(C)(C)c1ccc(N(c2ccc(C(C)(C)C)cc2)c2ccc3c(c2)N(c2ccccc2-c2ccccc2)c2cc(-n4c5ccccc5c5ccccc54)cc4c2B3c2c(cc(N(c3ccc(C(C)(C)C)cc3)c3ccc(C(C)(C)C)cc3)c3c2sc2ccccc23)N4c2ccccc2-c2ccccc2)cc1. The number of anilines is 12. The predicted molar refractivity (Wildman–Crippen MR) is 463 cm³/mol. The standard InChI is InChI=1S/C100H88BN5S/c1-97(2,3)67-43-51-71(52-44-67)102(72-53-45-68(46-54-72)98(4,5)6)75-59-60-82-87(61-75)105(83-38-24-19-33-77(83)65-29-15-13-16-30-65)89-62-76(104-85-40-26-21-35-79(85)80-36-22-27-41-86(80)104)63-90-94(89)101(82)95-91(106(90)84-39-25-20-34-78(84)66-31-17-14-18-32-66)64-88(93-81-37-23-28-42-92(81)107-96(93)95)103(73-55-47-69(48-56-73)99(7,8)9)74-57-49-70(50-58-74)100(10,11)12/h13-64H,1-12H3. The van der Waals surface area contributed by atoms with E-state index in [9.17, 15) is 0 Å². The molecule has 2 aromatic heterocycles. The Bertz CT molecular complexity index is 5920. The maximum atomic E-state index is 2.69. The summed E-state index contributed by atoms with van der Waals surface area (Å²) in [4.78, 5) is 10.4. The average Bonchev–Trinajstić information content (AvgIpc) is 1.65. The van der Waals surface area contributed by atoms with Gasteiger partial charge in [0.15, 0.2) is 0 Å². The molecule has 0 spiro atoms. The first-order valence-corrected chi connectivity index (χ1v) is 38.7. The number of aromatic nitrogens is 1. The van der Waals surface area contributed by atoms with Crippen LogP contribution in [0.5, 0.6) is 0 Å². The lowest BCUT2D eigenvalue weighted by molar-refractivity contribution is 0.590. The van der Waals surface area contributed by atoms with E-state index < -0.39 is 0 Å². The Kier molecular flexibility index (Phi) is 16.1. The maximum absolute atomic E-state index is 2.69. The second kappa shape index (κ2) is 25.6. The number of para-hydroxylation sites is 4. The molecule has 0 fully saturated rings. The van der Waals surface area contributed by atoms with Gasteiger partial charge in [-0.2, -0.15) is 0 Å². The second-order valence-electron chi connectivity index (χ2n) is 33.4. The molecule has 522 valence electrons. The van der Waals surface area contributed by atoms with Crippen LogP contribution in [-0.4, -0.2) is 11.3 Å². The Labute approximate surface area is 635 Å². The topological polar surface area (TPSA) is 17.9 Å². The minimum absolute atomic E-state index is 0.0374. The molecule has 0 bridgehead atoms. The molecule has 0 saturated heterocycles. The first-order valence-electron chi connectivity index (χ1n) is 37.8. The predicted octanol–water partition coefficient (Wildman–Crippen LogP) is 26.7. The van der Waals surface area contributed by atoms with Crippen molar-refractivity contribution in [2.45, 2.75) is 105 Å². The third-order valence-corrected chi connectivity index (χ3v) is 23.6. The van der Waals surface area contributed by atoms with Gasteiger partial charge in [-0.25, -0.2) is 0 Å². The summed E-state index contributed by atoms with van der Waals surface area (Å²) >= 11 is 1.94. The smallest absolute Gasteiger partial charge is 0.254 e. The van der Waals surface area contributed by atoms with Crippen molar-refractivity contribution in [1.29, 1.82) is 0 Å². The summed E-state index contributed by atoms with van der Waals surface area (Å²) in [6.45, 7) is 27.4. The highest BCUT2D eigenvalue weighted by atomic mass is 32.1. The number of rotatable bonds is 11. The molecule has 2 aliphatic rings. The van der Waals surface area contributed by atoms with Crippen LogP contribution in [0, 0.1) is 0 Å². The van der Waals surface area contributed by atoms with Crippen molar-refractivity contribution in [2.24, 2.45) is 0 Å². The van der Waals surface area contributed by atoms with Crippen molar-refractivity contribution in [1.82, 2.24) is 4.57 Å². The van der Waals surface area contributed by atoms with Gasteiger partial charge in [-0.15, -0.1) is 11.3 Å². The maximum Gasteiger partial charge on any atom is 0.254 e. The third-order valence-electron chi connectivity index (χ3n) is 22.4. The molecule has 5 nitrogen and oxygen atoms in total. The zero-order chi connectivity index (χ0) is 73.4. The first-order chi connectivity index (χ1) is 51.6. The highest BCUT2D eigenvalue weighted by Gasteiger charge is 2.47. The molecule has 107 heavy (non-hydrogen) atoms. The molecule has 14 aromatic carbocycles. The van der Waals surface area contributed by atoms with E-state index in [2.05, 4.69) is 423 Å². The van der Waals surface area contributed by atoms with Crippen LogP contribution in [-0.2, 0) is 21.7 Å². The highest BCUT2D eigenvalue weighted by molar-refractivity contribution is 7.28. The Balaban J connectivity index is 1.02. The molecule has 0 amide bonds. The summed E-state index contributed by atoms with van der Waals surface area (Å²) in [6.07, 6.45) is 0. The van der Waals surface area contributed by atoms with E-state index in [1.165, 1.54) is 69.6 Å². The quantitative estimate of drug-likeness (QED) is 0.120. The van der Waals surface area contributed by atoms with Crippen LogP contribution >= 0.6 is 11.3 Å². The minimum Gasteiger partial charge on any atom is -0.311 e. The summed E-state index contributed by atoms with van der Waals surface area (Å²) in [6, 6.07) is 120. The Hall–Kier alpha value is -11.6. The normalized spacial score (nSPS) is 13.0. The van der Waals surface area contributed by atoms with E-state index in [1.54, 1.807) is 0 Å². The van der Waals surface area contributed by atoms with Gasteiger partial charge < -0.3 is 24.2 Å². The molecular formula is C100H88BN5S. The van der Waals surface area contributed by atoms with E-state index in [-0.39, 0.29) is 28.4 Å². The Morgan fingerprint density at radius 3 is 1.13 bits per heavy atom. The zero-order valence-corrected chi connectivity index (χ0v) is 64.1. The lowest BCUT2D eigenvalue weighted by atomic mass is 9.33.